The van der Waals surface area contributed by atoms with Gasteiger partial charge >= 0.3 is 0 Å². The molecule has 9 nitrogen and oxygen atoms in total. The monoisotopic (exact) mass is 757 g/mol. The number of hydrogen-bond acceptors (Lipinski definition) is 7. The van der Waals surface area contributed by atoms with E-state index in [1.165, 1.54) is 15.7 Å². The Bertz CT molecular complexity index is 2120. The summed E-state index contributed by atoms with van der Waals surface area (Å²) < 4.78 is 33.5. The molecule has 0 N–H and O–H groups in total. The van der Waals surface area contributed by atoms with Crippen molar-refractivity contribution in [2.45, 2.75) is 76.2 Å². The number of aromatic nitrogens is 1. The quantitative estimate of drug-likeness (QED) is 0.198. The van der Waals surface area contributed by atoms with Crippen LogP contribution in [0, 0.1) is 17.8 Å². The summed E-state index contributed by atoms with van der Waals surface area (Å²) in [4.78, 5) is 42.7. The highest BCUT2D eigenvalue weighted by atomic mass is 35.5. The van der Waals surface area contributed by atoms with E-state index in [2.05, 4.69) is 33.5 Å². The van der Waals surface area contributed by atoms with Crippen molar-refractivity contribution in [3.63, 3.8) is 0 Å². The maximum atomic E-state index is 14.8. The average molecular weight is 758 g/mol. The van der Waals surface area contributed by atoms with Crippen molar-refractivity contribution in [1.82, 2.24) is 4.57 Å². The van der Waals surface area contributed by atoms with E-state index in [-0.39, 0.29) is 34.9 Å². The number of nitrogens with zero attached hydrogens (tertiary/aromatic N) is 3. The van der Waals surface area contributed by atoms with E-state index < -0.39 is 21.4 Å². The van der Waals surface area contributed by atoms with Gasteiger partial charge < -0.3 is 14.4 Å². The molecule has 1 spiro atoms. The van der Waals surface area contributed by atoms with Crippen LogP contribution in [-0.4, -0.2) is 70.8 Å². The van der Waals surface area contributed by atoms with E-state index in [1.807, 2.05) is 25.1 Å². The van der Waals surface area contributed by atoms with Crippen LogP contribution in [0.2, 0.25) is 5.02 Å². The molecule has 1 aromatic heterocycles. The highest BCUT2D eigenvalue weighted by molar-refractivity contribution is 7.94. The van der Waals surface area contributed by atoms with Crippen LogP contribution in [0.3, 0.4) is 0 Å². The fraction of sp³-hybridized carbons (Fsp3) is 0.500. The lowest BCUT2D eigenvalue weighted by Crippen LogP contribution is -2.49. The number of ketones is 1. The van der Waals surface area contributed by atoms with Crippen molar-refractivity contribution in [2.24, 2.45) is 22.1 Å². The molecule has 0 radical (unpaired) electrons. The molecule has 2 aliphatic carbocycles. The largest absolute Gasteiger partial charge is 0.490 e. The fourth-order valence-corrected chi connectivity index (χ4v) is 11.8. The number of anilines is 1. The molecule has 5 aliphatic rings. The Morgan fingerprint density at radius 1 is 1.09 bits per heavy atom. The molecule has 8 rings (SSSR count). The Morgan fingerprint density at radius 3 is 2.75 bits per heavy atom. The number of aryl methyl sites for hydroxylation is 2. The Balaban J connectivity index is 1.18. The summed E-state index contributed by atoms with van der Waals surface area (Å²) >= 11 is 6.47. The summed E-state index contributed by atoms with van der Waals surface area (Å²) in [5, 5.41) is 0.738. The van der Waals surface area contributed by atoms with Crippen LogP contribution in [0.5, 0.6) is 5.75 Å². The molecular weight excluding hydrogens is 710 g/mol. The van der Waals surface area contributed by atoms with Gasteiger partial charge in [-0.25, -0.2) is 4.21 Å². The number of allylic oxidation sites excluding steroid dienone is 1. The van der Waals surface area contributed by atoms with Gasteiger partial charge in [-0.2, -0.15) is 4.36 Å². The first-order chi connectivity index (χ1) is 25.5. The smallest absolute Gasteiger partial charge is 0.285 e. The number of Topliss-reactive ketones (excluding diaryl/α,β-unsaturated/α-hetero) is 1. The third-order valence-electron chi connectivity index (χ3n) is 12.2. The van der Waals surface area contributed by atoms with Gasteiger partial charge in [0.2, 0.25) is 5.91 Å². The second-order valence-corrected chi connectivity index (χ2v) is 18.8. The lowest BCUT2D eigenvalue weighted by molar-refractivity contribution is 0.0131. The van der Waals surface area contributed by atoms with Crippen molar-refractivity contribution in [2.75, 3.05) is 43.2 Å². The van der Waals surface area contributed by atoms with Crippen LogP contribution in [0.15, 0.2) is 65.2 Å². The van der Waals surface area contributed by atoms with Gasteiger partial charge in [0, 0.05) is 65.8 Å². The van der Waals surface area contributed by atoms with E-state index in [0.29, 0.717) is 61.1 Å². The van der Waals surface area contributed by atoms with Crippen molar-refractivity contribution < 1.29 is 28.1 Å². The predicted octanol–water partition coefficient (Wildman–Crippen LogP) is 7.72. The number of methoxy groups -OCH3 is 1. The number of hydrogen-bond donors (Lipinski definition) is 0. The Hall–Kier alpha value is -3.73. The van der Waals surface area contributed by atoms with Gasteiger partial charge in [0.1, 0.15) is 5.75 Å². The van der Waals surface area contributed by atoms with Crippen molar-refractivity contribution in [3.8, 4) is 5.75 Å². The van der Waals surface area contributed by atoms with E-state index in [9.17, 15) is 18.6 Å². The maximum Gasteiger partial charge on any atom is 0.285 e. The van der Waals surface area contributed by atoms with Crippen LogP contribution in [0.1, 0.15) is 94.2 Å². The molecule has 1 fully saturated rings. The van der Waals surface area contributed by atoms with Crippen LogP contribution >= 0.6 is 11.6 Å². The first-order valence-electron chi connectivity index (χ1n) is 19.1. The van der Waals surface area contributed by atoms with Crippen LogP contribution in [0.4, 0.5) is 5.69 Å². The maximum absolute atomic E-state index is 14.8. The summed E-state index contributed by atoms with van der Waals surface area (Å²) in [5.41, 5.74) is 4.52. The van der Waals surface area contributed by atoms with E-state index >= 15 is 0 Å². The van der Waals surface area contributed by atoms with Gasteiger partial charge in [-0.05, 0) is 117 Å². The predicted molar refractivity (Wildman–Crippen MR) is 207 cm³/mol. The van der Waals surface area contributed by atoms with E-state index in [0.717, 1.165) is 61.5 Å². The number of carbonyl (C=O) groups is 3. The summed E-state index contributed by atoms with van der Waals surface area (Å²) in [6, 6.07) is 13.3. The summed E-state index contributed by atoms with van der Waals surface area (Å²) in [5.74, 6) is -0.0488. The molecule has 4 heterocycles. The number of rotatable bonds is 4. The Kier molecular flexibility index (Phi) is 9.91. The molecule has 0 saturated heterocycles. The van der Waals surface area contributed by atoms with Gasteiger partial charge in [0.05, 0.1) is 33.9 Å². The van der Waals surface area contributed by atoms with Crippen LogP contribution in [-0.2, 0) is 32.7 Å². The Morgan fingerprint density at radius 2 is 1.96 bits per heavy atom. The topological polar surface area (TPSA) is 107 Å². The van der Waals surface area contributed by atoms with Crippen molar-refractivity contribution in [3.05, 3.63) is 93.8 Å². The second-order valence-electron chi connectivity index (χ2n) is 16.0. The zero-order chi connectivity index (χ0) is 36.9. The number of benzene rings is 2. The molecule has 1 amide bonds. The minimum absolute atomic E-state index is 0.0497. The third kappa shape index (κ3) is 7.14. The molecular formula is C42H48ClN3O6S. The molecule has 1 saturated carbocycles. The first kappa shape index (κ1) is 36.3. The van der Waals surface area contributed by atoms with Gasteiger partial charge in [0.15, 0.2) is 5.78 Å². The lowest BCUT2D eigenvalue weighted by Gasteiger charge is -2.46. The van der Waals surface area contributed by atoms with E-state index in [1.54, 1.807) is 25.4 Å². The van der Waals surface area contributed by atoms with Gasteiger partial charge in [-0.15, -0.1) is 0 Å². The van der Waals surface area contributed by atoms with Crippen molar-refractivity contribution in [1.29, 1.82) is 0 Å². The number of carbonyl (C=O) groups excluding carboxylic acids is 3. The number of ether oxygens (including phenoxy) is 2. The van der Waals surface area contributed by atoms with Gasteiger partial charge in [-0.3, -0.25) is 19.0 Å². The zero-order valence-corrected chi connectivity index (χ0v) is 32.1. The van der Waals surface area contributed by atoms with Crippen LogP contribution in [0.25, 0.3) is 0 Å². The van der Waals surface area contributed by atoms with Gasteiger partial charge in [0.25, 0.3) is 5.91 Å². The minimum atomic E-state index is -3.34. The zero-order valence-electron chi connectivity index (χ0n) is 30.6. The Labute approximate surface area is 317 Å². The normalized spacial score (nSPS) is 30.5. The molecule has 0 unspecified atom stereocenters. The number of amides is 1. The fourth-order valence-electron chi connectivity index (χ4n) is 9.39. The highest BCUT2D eigenvalue weighted by Gasteiger charge is 2.44. The number of halogens is 1. The molecule has 3 aliphatic heterocycles. The van der Waals surface area contributed by atoms with Crippen LogP contribution < -0.4 is 9.64 Å². The average Bonchev–Trinajstić information content (AvgIpc) is 3.51. The summed E-state index contributed by atoms with van der Waals surface area (Å²) in [6.45, 7) is 3.97. The molecule has 280 valence electrons. The molecule has 3 aromatic rings. The molecule has 2 bridgehead atoms. The van der Waals surface area contributed by atoms with E-state index in [4.69, 9.17) is 21.1 Å². The van der Waals surface area contributed by atoms with Crippen molar-refractivity contribution >= 4 is 44.6 Å². The highest BCUT2D eigenvalue weighted by Crippen LogP contribution is 2.47. The molecule has 6 atom stereocenters. The molecule has 53 heavy (non-hydrogen) atoms. The third-order valence-corrected chi connectivity index (χ3v) is 14.8. The standard InChI is InChI=1S/C42H48ClN3O6S/c1-27-6-3-9-38(51-2)34-14-11-30(34)21-45-25-42(17-5-7-28-18-32(43)13-15-35(28)42)26-52-39-16-12-29(20-36(39)45)41(49)44-53(50,23-27)24-37(47)31-19-33-8-4-10-40(48)46(33)22-31/h3,9,12-13,15-16,18-20,22,27,30,34,38H,4-8,10-11,14,17,21,23-26H2,1-2H3/b9-3+/t27-,30-,34+,38-,42-,53+/m0/s1. The molecule has 2 aromatic carbocycles. The summed E-state index contributed by atoms with van der Waals surface area (Å²) in [7, 11) is -1.58. The van der Waals surface area contributed by atoms with Gasteiger partial charge in [-0.1, -0.05) is 36.7 Å². The SMILES string of the molecule is CO[C@H]1/C=C/C[C@H](C)C[S@@](=O)(CC(=O)c2cc3n(c2)C(=O)CCC3)=NC(=O)c2ccc3c(c2)N(C[C@@H]2CC[C@H]21)C[C@@]1(CCCc2cc(Cl)ccc21)CO3. The minimum Gasteiger partial charge on any atom is -0.490 e. The first-order valence-corrected chi connectivity index (χ1v) is 21.3. The lowest BCUT2D eigenvalue weighted by atomic mass is 9.68. The molecule has 11 heteroatoms. The summed E-state index contributed by atoms with van der Waals surface area (Å²) in [6.07, 6.45) is 13.3. The second kappa shape index (κ2) is 14.5. The number of fused-ring (bicyclic) bond motifs is 5.